The first kappa shape index (κ1) is 19.1. The minimum atomic E-state index is 0.301. The largest absolute Gasteiger partial charge is 0.486 e. The molecule has 6 nitrogen and oxygen atoms in total. The number of aryl methyl sites for hydroxylation is 1. The van der Waals surface area contributed by atoms with Crippen LogP contribution < -0.4 is 9.64 Å². The summed E-state index contributed by atoms with van der Waals surface area (Å²) in [4.78, 5) is 6.49. The molecule has 0 aliphatic carbocycles. The number of nitrogens with zero attached hydrogens (tertiary/aromatic N) is 3. The van der Waals surface area contributed by atoms with Crippen molar-refractivity contribution < 1.29 is 13.6 Å². The van der Waals surface area contributed by atoms with E-state index in [1.54, 1.807) is 6.07 Å². The highest BCUT2D eigenvalue weighted by molar-refractivity contribution is 5.56. The van der Waals surface area contributed by atoms with Gasteiger partial charge in [0, 0.05) is 13.1 Å². The van der Waals surface area contributed by atoms with E-state index in [1.165, 1.54) is 6.42 Å². The van der Waals surface area contributed by atoms with Crippen LogP contribution in [-0.2, 0) is 6.61 Å². The molecule has 29 heavy (non-hydrogen) atoms. The molecule has 1 aliphatic heterocycles. The number of aromatic nitrogens is 1. The number of hydrogen-bond acceptors (Lipinski definition) is 6. The second kappa shape index (κ2) is 8.04. The predicted molar refractivity (Wildman–Crippen MR) is 110 cm³/mol. The second-order valence-corrected chi connectivity index (χ2v) is 8.01. The van der Waals surface area contributed by atoms with Crippen molar-refractivity contribution in [1.29, 1.82) is 5.26 Å². The highest BCUT2D eigenvalue weighted by Gasteiger charge is 2.28. The Balaban J connectivity index is 1.50. The van der Waals surface area contributed by atoms with E-state index in [4.69, 9.17) is 13.6 Å². The van der Waals surface area contributed by atoms with Crippen molar-refractivity contribution in [2.75, 3.05) is 18.0 Å². The molecule has 0 N–H and O–H groups in total. The van der Waals surface area contributed by atoms with Crippen molar-refractivity contribution in [3.63, 3.8) is 0 Å². The van der Waals surface area contributed by atoms with Crippen LogP contribution in [0.5, 0.6) is 5.75 Å². The molecule has 0 spiro atoms. The maximum absolute atomic E-state index is 9.53. The smallest absolute Gasteiger partial charge is 0.266 e. The number of furan rings is 1. The Morgan fingerprint density at radius 3 is 2.69 bits per heavy atom. The lowest BCUT2D eigenvalue weighted by atomic mass is 9.92. The van der Waals surface area contributed by atoms with Gasteiger partial charge in [0.2, 0.25) is 11.6 Å². The molecule has 2 atom stereocenters. The van der Waals surface area contributed by atoms with E-state index in [0.29, 0.717) is 47.4 Å². The zero-order chi connectivity index (χ0) is 20.4. The molecule has 3 aromatic rings. The molecule has 0 amide bonds. The molecule has 1 aromatic carbocycles. The lowest BCUT2D eigenvalue weighted by Crippen LogP contribution is -2.38. The summed E-state index contributed by atoms with van der Waals surface area (Å²) in [6.45, 7) is 8.50. The van der Waals surface area contributed by atoms with E-state index in [1.807, 2.05) is 37.3 Å². The molecule has 0 radical (unpaired) electrons. The van der Waals surface area contributed by atoms with Crippen molar-refractivity contribution in [3.05, 3.63) is 53.4 Å². The summed E-state index contributed by atoms with van der Waals surface area (Å²) in [5, 5.41) is 9.53. The van der Waals surface area contributed by atoms with Gasteiger partial charge < -0.3 is 18.5 Å². The third kappa shape index (κ3) is 4.29. The topological polar surface area (TPSA) is 75.4 Å². The van der Waals surface area contributed by atoms with Gasteiger partial charge in [0.05, 0.1) is 0 Å². The first-order chi connectivity index (χ1) is 14.0. The third-order valence-corrected chi connectivity index (χ3v) is 5.11. The summed E-state index contributed by atoms with van der Waals surface area (Å²) in [7, 11) is 0. The van der Waals surface area contributed by atoms with E-state index < -0.39 is 0 Å². The molecule has 0 bridgehead atoms. The van der Waals surface area contributed by atoms with E-state index in [9.17, 15) is 5.26 Å². The maximum Gasteiger partial charge on any atom is 0.266 e. The SMILES string of the molecule is Cc1cccc(OCc2ccc(-c3nc(C#N)c(N4C[C@@H](C)C[C@H](C)C4)o3)o2)c1. The number of rotatable bonds is 5. The summed E-state index contributed by atoms with van der Waals surface area (Å²) >= 11 is 0. The predicted octanol–water partition coefficient (Wildman–Crippen LogP) is 5.18. The van der Waals surface area contributed by atoms with Gasteiger partial charge in [0.1, 0.15) is 24.2 Å². The Kier molecular flexibility index (Phi) is 5.30. The maximum atomic E-state index is 9.53. The van der Waals surface area contributed by atoms with Crippen molar-refractivity contribution in [3.8, 4) is 23.5 Å². The number of anilines is 1. The van der Waals surface area contributed by atoms with Crippen LogP contribution in [0.15, 0.2) is 45.2 Å². The van der Waals surface area contributed by atoms with E-state index in [2.05, 4.69) is 29.8 Å². The number of ether oxygens (including phenoxy) is 1. The molecule has 1 aliphatic rings. The molecule has 0 saturated carbocycles. The van der Waals surface area contributed by atoms with Crippen molar-refractivity contribution in [2.45, 2.75) is 33.8 Å². The Labute approximate surface area is 170 Å². The van der Waals surface area contributed by atoms with Crippen LogP contribution >= 0.6 is 0 Å². The monoisotopic (exact) mass is 391 g/mol. The van der Waals surface area contributed by atoms with Crippen LogP contribution in [0.3, 0.4) is 0 Å². The van der Waals surface area contributed by atoms with Crippen molar-refractivity contribution in [2.24, 2.45) is 11.8 Å². The van der Waals surface area contributed by atoms with Gasteiger partial charge in [-0.1, -0.05) is 26.0 Å². The fraction of sp³-hybridized carbons (Fsp3) is 0.391. The quantitative estimate of drug-likeness (QED) is 0.597. The normalized spacial score (nSPS) is 19.2. The number of piperidine rings is 1. The minimum absolute atomic E-state index is 0.301. The van der Waals surface area contributed by atoms with Crippen LogP contribution in [0.1, 0.15) is 37.3 Å². The van der Waals surface area contributed by atoms with Gasteiger partial charge in [-0.05, 0) is 55.0 Å². The fourth-order valence-electron chi connectivity index (χ4n) is 3.96. The van der Waals surface area contributed by atoms with Crippen LogP contribution in [0.25, 0.3) is 11.7 Å². The summed E-state index contributed by atoms with van der Waals surface area (Å²) in [6, 6.07) is 13.7. The van der Waals surface area contributed by atoms with Gasteiger partial charge in [0.25, 0.3) is 5.89 Å². The number of oxazole rings is 1. The van der Waals surface area contributed by atoms with Gasteiger partial charge in [-0.15, -0.1) is 0 Å². The van der Waals surface area contributed by atoms with Crippen LogP contribution in [0, 0.1) is 30.1 Å². The molecule has 150 valence electrons. The zero-order valence-corrected chi connectivity index (χ0v) is 17.0. The summed E-state index contributed by atoms with van der Waals surface area (Å²) in [6.07, 6.45) is 1.18. The Bertz CT molecular complexity index is 1020. The molecule has 2 aromatic heterocycles. The van der Waals surface area contributed by atoms with Gasteiger partial charge in [-0.2, -0.15) is 10.2 Å². The average molecular weight is 391 g/mol. The molecular formula is C23H25N3O3. The van der Waals surface area contributed by atoms with E-state index in [0.717, 1.165) is 24.4 Å². The molecule has 4 rings (SSSR count). The van der Waals surface area contributed by atoms with Crippen molar-refractivity contribution in [1.82, 2.24) is 4.98 Å². The Hall–Kier alpha value is -3.20. The Morgan fingerprint density at radius 1 is 1.17 bits per heavy atom. The van der Waals surface area contributed by atoms with E-state index in [-0.39, 0.29) is 0 Å². The second-order valence-electron chi connectivity index (χ2n) is 8.01. The number of nitriles is 1. The van der Waals surface area contributed by atoms with Crippen LogP contribution in [0.4, 0.5) is 5.88 Å². The fourth-order valence-corrected chi connectivity index (χ4v) is 3.96. The molecule has 1 fully saturated rings. The molecular weight excluding hydrogens is 366 g/mol. The van der Waals surface area contributed by atoms with Crippen molar-refractivity contribution >= 4 is 5.88 Å². The molecule has 0 unspecified atom stereocenters. The third-order valence-electron chi connectivity index (χ3n) is 5.11. The lowest BCUT2D eigenvalue weighted by molar-refractivity contribution is 0.271. The summed E-state index contributed by atoms with van der Waals surface area (Å²) in [5.74, 6) is 3.91. The molecule has 6 heteroatoms. The molecule has 3 heterocycles. The zero-order valence-electron chi connectivity index (χ0n) is 17.0. The van der Waals surface area contributed by atoms with Gasteiger partial charge in [-0.3, -0.25) is 0 Å². The number of hydrogen-bond donors (Lipinski definition) is 0. The lowest BCUT2D eigenvalue weighted by Gasteiger charge is -2.34. The first-order valence-electron chi connectivity index (χ1n) is 9.96. The average Bonchev–Trinajstić information content (AvgIpc) is 3.32. The van der Waals surface area contributed by atoms with E-state index >= 15 is 0 Å². The minimum Gasteiger partial charge on any atom is -0.486 e. The Morgan fingerprint density at radius 2 is 1.97 bits per heavy atom. The first-order valence-corrected chi connectivity index (χ1v) is 9.96. The summed E-state index contributed by atoms with van der Waals surface area (Å²) < 4.78 is 17.6. The van der Waals surface area contributed by atoms with Crippen LogP contribution in [0.2, 0.25) is 0 Å². The summed E-state index contributed by atoms with van der Waals surface area (Å²) in [5.41, 5.74) is 1.44. The number of benzene rings is 1. The van der Waals surface area contributed by atoms with Gasteiger partial charge >= 0.3 is 0 Å². The highest BCUT2D eigenvalue weighted by Crippen LogP contribution is 2.33. The highest BCUT2D eigenvalue weighted by atomic mass is 16.5. The van der Waals surface area contributed by atoms with Gasteiger partial charge in [-0.25, -0.2) is 0 Å². The van der Waals surface area contributed by atoms with Gasteiger partial charge in [0.15, 0.2) is 5.76 Å². The standard InChI is InChI=1S/C23H25N3O3/c1-15-5-4-6-18(10-15)27-14-19-7-8-21(28-19)22-25-20(11-24)23(29-22)26-12-16(2)9-17(3)13-26/h4-8,10,16-17H,9,12-14H2,1-3H3/t16-,17-/m0/s1. The van der Waals surface area contributed by atoms with Crippen LogP contribution in [-0.4, -0.2) is 18.1 Å². The molecule has 1 saturated heterocycles.